The topological polar surface area (TPSA) is 40.6 Å². The van der Waals surface area contributed by atoms with Crippen molar-refractivity contribution in [1.29, 1.82) is 0 Å². The van der Waals surface area contributed by atoms with E-state index in [-0.39, 0.29) is 30.6 Å². The SMILES string of the molecule is CC1=CCC(N2C(=O)CN3C(=O)CCC32)C=C1. The zero-order valence-corrected chi connectivity index (χ0v) is 9.93. The third kappa shape index (κ3) is 1.59. The first kappa shape index (κ1) is 10.6. The first-order valence-electron chi connectivity index (χ1n) is 6.12. The molecular formula is C13H16N2O2. The minimum atomic E-state index is 0.0106. The van der Waals surface area contributed by atoms with Crippen molar-refractivity contribution in [3.63, 3.8) is 0 Å². The molecule has 2 aliphatic heterocycles. The van der Waals surface area contributed by atoms with Crippen molar-refractivity contribution in [2.45, 2.75) is 38.4 Å². The van der Waals surface area contributed by atoms with Crippen LogP contribution in [0.3, 0.4) is 0 Å². The Kier molecular flexibility index (Phi) is 2.31. The molecule has 2 amide bonds. The van der Waals surface area contributed by atoms with E-state index in [0.29, 0.717) is 6.42 Å². The summed E-state index contributed by atoms with van der Waals surface area (Å²) in [5.41, 5.74) is 1.24. The molecule has 0 bridgehead atoms. The Morgan fingerprint density at radius 1 is 1.29 bits per heavy atom. The fourth-order valence-corrected chi connectivity index (χ4v) is 2.92. The van der Waals surface area contributed by atoms with Crippen LogP contribution in [0.2, 0.25) is 0 Å². The Bertz CT molecular complexity index is 439. The summed E-state index contributed by atoms with van der Waals surface area (Å²) >= 11 is 0. The van der Waals surface area contributed by atoms with Gasteiger partial charge >= 0.3 is 0 Å². The van der Waals surface area contributed by atoms with Crippen molar-refractivity contribution in [1.82, 2.24) is 9.80 Å². The second kappa shape index (κ2) is 3.72. The summed E-state index contributed by atoms with van der Waals surface area (Å²) in [5, 5.41) is 0. The summed E-state index contributed by atoms with van der Waals surface area (Å²) in [6.45, 7) is 2.33. The highest BCUT2D eigenvalue weighted by Gasteiger charge is 2.46. The maximum Gasteiger partial charge on any atom is 0.244 e. The Labute approximate surface area is 101 Å². The number of fused-ring (bicyclic) bond motifs is 1. The lowest BCUT2D eigenvalue weighted by Crippen LogP contribution is -2.43. The molecule has 2 heterocycles. The molecule has 3 aliphatic rings. The lowest BCUT2D eigenvalue weighted by Gasteiger charge is -2.31. The first-order valence-corrected chi connectivity index (χ1v) is 6.12. The van der Waals surface area contributed by atoms with Crippen molar-refractivity contribution in [2.75, 3.05) is 6.54 Å². The summed E-state index contributed by atoms with van der Waals surface area (Å²) in [7, 11) is 0. The molecule has 1 aliphatic carbocycles. The van der Waals surface area contributed by atoms with E-state index < -0.39 is 0 Å². The molecule has 0 spiro atoms. The van der Waals surface area contributed by atoms with Crippen LogP contribution in [0.4, 0.5) is 0 Å². The van der Waals surface area contributed by atoms with Gasteiger partial charge in [-0.2, -0.15) is 0 Å². The zero-order valence-electron chi connectivity index (χ0n) is 9.93. The van der Waals surface area contributed by atoms with Gasteiger partial charge in [0.25, 0.3) is 0 Å². The minimum Gasteiger partial charge on any atom is -0.314 e. The average molecular weight is 232 g/mol. The molecule has 2 unspecified atom stereocenters. The zero-order chi connectivity index (χ0) is 12.0. The van der Waals surface area contributed by atoms with Crippen LogP contribution in [-0.2, 0) is 9.59 Å². The molecule has 0 saturated carbocycles. The number of carbonyl (C=O) groups is 2. The number of nitrogens with zero attached hydrogens (tertiary/aromatic N) is 2. The molecule has 2 fully saturated rings. The van der Waals surface area contributed by atoms with Gasteiger partial charge in [0, 0.05) is 6.42 Å². The van der Waals surface area contributed by atoms with Crippen molar-refractivity contribution in [2.24, 2.45) is 0 Å². The molecule has 0 aromatic heterocycles. The van der Waals surface area contributed by atoms with Crippen molar-refractivity contribution < 1.29 is 9.59 Å². The van der Waals surface area contributed by atoms with Crippen LogP contribution in [0.5, 0.6) is 0 Å². The monoisotopic (exact) mass is 232 g/mol. The van der Waals surface area contributed by atoms with E-state index >= 15 is 0 Å². The molecule has 0 aromatic carbocycles. The molecule has 4 nitrogen and oxygen atoms in total. The highest BCUT2D eigenvalue weighted by atomic mass is 16.2. The Morgan fingerprint density at radius 3 is 2.82 bits per heavy atom. The number of rotatable bonds is 1. The van der Waals surface area contributed by atoms with Gasteiger partial charge in [-0.05, 0) is 19.8 Å². The second-order valence-corrected chi connectivity index (χ2v) is 4.95. The van der Waals surface area contributed by atoms with E-state index in [1.165, 1.54) is 5.57 Å². The number of hydrogen-bond donors (Lipinski definition) is 0. The van der Waals surface area contributed by atoms with Gasteiger partial charge in [-0.3, -0.25) is 9.59 Å². The Morgan fingerprint density at radius 2 is 2.12 bits per heavy atom. The largest absolute Gasteiger partial charge is 0.314 e. The molecule has 2 atom stereocenters. The van der Waals surface area contributed by atoms with Gasteiger partial charge < -0.3 is 9.80 Å². The van der Waals surface area contributed by atoms with Gasteiger partial charge in [-0.15, -0.1) is 0 Å². The molecule has 2 saturated heterocycles. The molecule has 0 N–H and O–H groups in total. The number of amides is 2. The predicted molar refractivity (Wildman–Crippen MR) is 62.9 cm³/mol. The van der Waals surface area contributed by atoms with Crippen LogP contribution in [0.25, 0.3) is 0 Å². The van der Waals surface area contributed by atoms with Crippen LogP contribution in [0.1, 0.15) is 26.2 Å². The molecule has 90 valence electrons. The summed E-state index contributed by atoms with van der Waals surface area (Å²) < 4.78 is 0. The van der Waals surface area contributed by atoms with E-state index in [0.717, 1.165) is 12.8 Å². The Hall–Kier alpha value is -1.58. The quantitative estimate of drug-likeness (QED) is 0.678. The second-order valence-electron chi connectivity index (χ2n) is 4.95. The van der Waals surface area contributed by atoms with Gasteiger partial charge in [0.1, 0.15) is 12.7 Å². The fraction of sp³-hybridized carbons (Fsp3) is 0.538. The number of hydrogen-bond acceptors (Lipinski definition) is 2. The summed E-state index contributed by atoms with van der Waals surface area (Å²) in [5.74, 6) is 0.211. The van der Waals surface area contributed by atoms with Crippen molar-refractivity contribution in [3.8, 4) is 0 Å². The molecule has 0 aromatic rings. The highest BCUT2D eigenvalue weighted by Crippen LogP contribution is 2.31. The van der Waals surface area contributed by atoms with Crippen LogP contribution in [0, 0.1) is 0 Å². The molecule has 17 heavy (non-hydrogen) atoms. The molecule has 0 radical (unpaired) electrons. The van der Waals surface area contributed by atoms with Gasteiger partial charge in [-0.1, -0.05) is 23.8 Å². The number of carbonyl (C=O) groups excluding carboxylic acids is 2. The number of allylic oxidation sites excluding steroid dienone is 2. The standard InChI is InChI=1S/C13H16N2O2/c1-9-2-4-10(5-3-9)15-11-6-7-12(16)14(11)8-13(15)17/h2-4,10-11H,5-8H2,1H3. The van der Waals surface area contributed by atoms with E-state index in [1.54, 1.807) is 4.90 Å². The normalized spacial score (nSPS) is 32.2. The summed E-state index contributed by atoms with van der Waals surface area (Å²) in [4.78, 5) is 27.2. The summed E-state index contributed by atoms with van der Waals surface area (Å²) in [6, 6.07) is 0.132. The van der Waals surface area contributed by atoms with Crippen LogP contribution >= 0.6 is 0 Å². The highest BCUT2D eigenvalue weighted by molar-refractivity contribution is 5.90. The molecular weight excluding hydrogens is 216 g/mol. The predicted octanol–water partition coefficient (Wildman–Crippen LogP) is 1.05. The van der Waals surface area contributed by atoms with Crippen molar-refractivity contribution in [3.05, 3.63) is 23.8 Å². The van der Waals surface area contributed by atoms with E-state index in [4.69, 9.17) is 0 Å². The minimum absolute atomic E-state index is 0.0106. The third-order valence-corrected chi connectivity index (χ3v) is 3.83. The van der Waals surface area contributed by atoms with E-state index in [2.05, 4.69) is 25.2 Å². The Balaban J connectivity index is 1.82. The van der Waals surface area contributed by atoms with Crippen LogP contribution < -0.4 is 0 Å². The lowest BCUT2D eigenvalue weighted by atomic mass is 10.0. The van der Waals surface area contributed by atoms with E-state index in [9.17, 15) is 9.59 Å². The maximum atomic E-state index is 12.0. The fourth-order valence-electron chi connectivity index (χ4n) is 2.92. The van der Waals surface area contributed by atoms with Gasteiger partial charge in [-0.25, -0.2) is 0 Å². The van der Waals surface area contributed by atoms with Gasteiger partial charge in [0.2, 0.25) is 11.8 Å². The van der Waals surface area contributed by atoms with Gasteiger partial charge in [0.15, 0.2) is 0 Å². The smallest absolute Gasteiger partial charge is 0.244 e. The third-order valence-electron chi connectivity index (χ3n) is 3.83. The van der Waals surface area contributed by atoms with Gasteiger partial charge in [0.05, 0.1) is 6.04 Å². The molecule has 3 rings (SSSR count). The van der Waals surface area contributed by atoms with Crippen LogP contribution in [-0.4, -0.2) is 40.4 Å². The summed E-state index contributed by atoms with van der Waals surface area (Å²) in [6.07, 6.45) is 8.54. The van der Waals surface area contributed by atoms with Crippen molar-refractivity contribution >= 4 is 11.8 Å². The maximum absolute atomic E-state index is 12.0. The first-order chi connectivity index (χ1) is 8.16. The molecule has 4 heteroatoms. The van der Waals surface area contributed by atoms with E-state index in [1.807, 2.05) is 4.90 Å². The van der Waals surface area contributed by atoms with Crippen LogP contribution in [0.15, 0.2) is 23.8 Å². The lowest BCUT2D eigenvalue weighted by molar-refractivity contribution is -0.130. The average Bonchev–Trinajstić information content (AvgIpc) is 2.81.